The van der Waals surface area contributed by atoms with Crippen LogP contribution in [0.4, 0.5) is 0 Å². The molecule has 1 fully saturated rings. The summed E-state index contributed by atoms with van der Waals surface area (Å²) < 4.78 is 5.60. The third-order valence-corrected chi connectivity index (χ3v) is 4.69. The fourth-order valence-corrected chi connectivity index (χ4v) is 3.56. The zero-order valence-corrected chi connectivity index (χ0v) is 13.7. The predicted molar refractivity (Wildman–Crippen MR) is 83.2 cm³/mol. The van der Waals surface area contributed by atoms with E-state index in [2.05, 4.69) is 36.3 Å². The Bertz CT molecular complexity index is 388. The van der Waals surface area contributed by atoms with Crippen molar-refractivity contribution < 1.29 is 4.74 Å². The Balaban J connectivity index is 1.63. The number of hydrogen-bond acceptors (Lipinski definition) is 5. The minimum absolute atomic E-state index is 0.500. The van der Waals surface area contributed by atoms with Crippen molar-refractivity contribution in [2.45, 2.75) is 65.0 Å². The van der Waals surface area contributed by atoms with E-state index in [0.717, 1.165) is 38.3 Å². The van der Waals surface area contributed by atoms with Crippen molar-refractivity contribution in [3.8, 4) is 0 Å². The van der Waals surface area contributed by atoms with Gasteiger partial charge in [-0.2, -0.15) is 0 Å². The van der Waals surface area contributed by atoms with E-state index in [1.165, 1.54) is 22.9 Å². The number of aromatic nitrogens is 2. The monoisotopic (exact) mass is 297 g/mol. The van der Waals surface area contributed by atoms with Gasteiger partial charge in [0.2, 0.25) is 0 Å². The molecule has 1 aliphatic carbocycles. The number of rotatable bonds is 9. The van der Waals surface area contributed by atoms with E-state index in [9.17, 15) is 0 Å². The summed E-state index contributed by atoms with van der Waals surface area (Å²) in [5, 5.41) is 14.5. The number of hydrogen-bond donors (Lipinski definition) is 1. The Kier molecular flexibility index (Phi) is 6.39. The van der Waals surface area contributed by atoms with Gasteiger partial charge in [-0.05, 0) is 38.6 Å². The van der Waals surface area contributed by atoms with E-state index >= 15 is 0 Å². The van der Waals surface area contributed by atoms with Crippen LogP contribution in [0.15, 0.2) is 0 Å². The normalized spacial score (nSPS) is 22.2. The van der Waals surface area contributed by atoms with Crippen molar-refractivity contribution >= 4 is 11.3 Å². The second-order valence-electron chi connectivity index (χ2n) is 5.92. The molecule has 1 heterocycles. The summed E-state index contributed by atoms with van der Waals surface area (Å²) in [5.41, 5.74) is 0. The second-order valence-corrected chi connectivity index (χ2v) is 7.07. The van der Waals surface area contributed by atoms with Crippen LogP contribution in [0.5, 0.6) is 0 Å². The number of nitrogens with zero attached hydrogens (tertiary/aromatic N) is 2. The van der Waals surface area contributed by atoms with Gasteiger partial charge in [-0.1, -0.05) is 13.8 Å². The van der Waals surface area contributed by atoms with Crippen LogP contribution in [0.2, 0.25) is 0 Å². The molecule has 5 heteroatoms. The molecule has 0 saturated heterocycles. The molecule has 0 unspecified atom stereocenters. The molecular weight excluding hydrogens is 270 g/mol. The van der Waals surface area contributed by atoms with Gasteiger partial charge in [0.25, 0.3) is 0 Å². The van der Waals surface area contributed by atoms with Crippen LogP contribution >= 0.6 is 11.3 Å². The van der Waals surface area contributed by atoms with E-state index in [4.69, 9.17) is 4.74 Å². The molecule has 4 nitrogen and oxygen atoms in total. The van der Waals surface area contributed by atoms with Crippen molar-refractivity contribution in [3.63, 3.8) is 0 Å². The molecule has 114 valence electrons. The average Bonchev–Trinajstić information content (AvgIpc) is 2.80. The van der Waals surface area contributed by atoms with E-state index in [1.807, 2.05) is 0 Å². The van der Waals surface area contributed by atoms with Crippen LogP contribution in [0.3, 0.4) is 0 Å². The molecule has 0 bridgehead atoms. The third kappa shape index (κ3) is 5.11. The minimum Gasteiger partial charge on any atom is -0.378 e. The molecule has 1 saturated carbocycles. The molecule has 0 aliphatic heterocycles. The molecule has 0 aromatic carbocycles. The Morgan fingerprint density at radius 3 is 2.75 bits per heavy atom. The van der Waals surface area contributed by atoms with Crippen LogP contribution < -0.4 is 5.32 Å². The molecule has 1 aliphatic rings. The van der Waals surface area contributed by atoms with E-state index in [1.54, 1.807) is 11.3 Å². The summed E-state index contributed by atoms with van der Waals surface area (Å²) in [5.74, 6) is 0.759. The molecule has 0 spiro atoms. The van der Waals surface area contributed by atoms with Crippen molar-refractivity contribution in [2.24, 2.45) is 5.92 Å². The molecule has 1 aromatic rings. The molecule has 0 radical (unpaired) electrons. The van der Waals surface area contributed by atoms with Gasteiger partial charge in [0.1, 0.15) is 10.0 Å². The predicted octanol–water partition coefficient (Wildman–Crippen LogP) is 2.83. The summed E-state index contributed by atoms with van der Waals surface area (Å²) in [6.07, 6.45) is 6.17. The van der Waals surface area contributed by atoms with E-state index < -0.39 is 0 Å². The van der Waals surface area contributed by atoms with Crippen molar-refractivity contribution in [2.75, 3.05) is 13.2 Å². The van der Waals surface area contributed by atoms with Gasteiger partial charge < -0.3 is 10.1 Å². The van der Waals surface area contributed by atoms with Gasteiger partial charge in [-0.3, -0.25) is 0 Å². The minimum atomic E-state index is 0.500. The van der Waals surface area contributed by atoms with Crippen molar-refractivity contribution in [3.05, 3.63) is 10.0 Å². The zero-order chi connectivity index (χ0) is 14.4. The van der Waals surface area contributed by atoms with Crippen LogP contribution in [0.25, 0.3) is 0 Å². The fraction of sp³-hybridized carbons (Fsp3) is 0.867. The van der Waals surface area contributed by atoms with Gasteiger partial charge in [0.05, 0.1) is 6.10 Å². The standard InChI is InChI=1S/C15H27N3OS/c1-4-19-13-8-12(9-13)10-15-18-17-14(20-15)6-5-7-16-11(2)3/h11-13,16H,4-10H2,1-3H3. The SMILES string of the molecule is CCOC1CC(Cc2nnc(CCCNC(C)C)s2)C1. The lowest BCUT2D eigenvalue weighted by Crippen LogP contribution is -2.32. The molecule has 2 rings (SSSR count). The van der Waals surface area contributed by atoms with Crippen LogP contribution in [-0.2, 0) is 17.6 Å². The number of aryl methyl sites for hydroxylation is 1. The average molecular weight is 297 g/mol. The molecule has 1 aromatic heterocycles. The highest BCUT2D eigenvalue weighted by molar-refractivity contribution is 7.11. The highest BCUT2D eigenvalue weighted by Crippen LogP contribution is 2.33. The third-order valence-electron chi connectivity index (χ3n) is 3.69. The smallest absolute Gasteiger partial charge is 0.117 e. The summed E-state index contributed by atoms with van der Waals surface area (Å²) in [6.45, 7) is 8.32. The fourth-order valence-electron chi connectivity index (χ4n) is 2.56. The maximum Gasteiger partial charge on any atom is 0.117 e. The van der Waals surface area contributed by atoms with Crippen LogP contribution in [-0.4, -0.2) is 35.5 Å². The van der Waals surface area contributed by atoms with Gasteiger partial charge in [-0.25, -0.2) is 0 Å². The molecular formula is C15H27N3OS. The van der Waals surface area contributed by atoms with Crippen LogP contribution in [0, 0.1) is 5.92 Å². The first kappa shape index (κ1) is 15.9. The maximum atomic E-state index is 5.60. The molecule has 0 atom stereocenters. The zero-order valence-electron chi connectivity index (χ0n) is 12.9. The molecule has 1 N–H and O–H groups in total. The number of ether oxygens (including phenoxy) is 1. The first-order valence-corrected chi connectivity index (χ1v) is 8.65. The topological polar surface area (TPSA) is 47.0 Å². The largest absolute Gasteiger partial charge is 0.378 e. The Labute approximate surface area is 126 Å². The first-order chi connectivity index (χ1) is 9.67. The summed E-state index contributed by atoms with van der Waals surface area (Å²) in [7, 11) is 0. The lowest BCUT2D eigenvalue weighted by Gasteiger charge is -2.34. The van der Waals surface area contributed by atoms with Crippen LogP contribution in [0.1, 0.15) is 50.0 Å². The highest BCUT2D eigenvalue weighted by atomic mass is 32.1. The van der Waals surface area contributed by atoms with Gasteiger partial charge in [0.15, 0.2) is 0 Å². The van der Waals surface area contributed by atoms with Gasteiger partial charge >= 0.3 is 0 Å². The Morgan fingerprint density at radius 1 is 1.30 bits per heavy atom. The lowest BCUT2D eigenvalue weighted by atomic mass is 9.80. The molecule has 20 heavy (non-hydrogen) atoms. The first-order valence-electron chi connectivity index (χ1n) is 7.83. The van der Waals surface area contributed by atoms with E-state index in [0.29, 0.717) is 12.1 Å². The maximum absolute atomic E-state index is 5.60. The second kappa shape index (κ2) is 8.05. The van der Waals surface area contributed by atoms with Gasteiger partial charge in [-0.15, -0.1) is 21.5 Å². The summed E-state index contributed by atoms with van der Waals surface area (Å²) in [6, 6.07) is 0.567. The summed E-state index contributed by atoms with van der Waals surface area (Å²) in [4.78, 5) is 0. The quantitative estimate of drug-likeness (QED) is 0.712. The highest BCUT2D eigenvalue weighted by Gasteiger charge is 2.30. The van der Waals surface area contributed by atoms with Crippen molar-refractivity contribution in [1.29, 1.82) is 0 Å². The van der Waals surface area contributed by atoms with Crippen molar-refractivity contribution in [1.82, 2.24) is 15.5 Å². The Hall–Kier alpha value is -0.520. The Morgan fingerprint density at radius 2 is 2.05 bits per heavy atom. The number of nitrogens with one attached hydrogen (secondary N) is 1. The lowest BCUT2D eigenvalue weighted by molar-refractivity contribution is -0.0240. The molecule has 0 amide bonds. The van der Waals surface area contributed by atoms with Gasteiger partial charge in [0, 0.05) is 25.5 Å². The summed E-state index contributed by atoms with van der Waals surface area (Å²) >= 11 is 1.79. The van der Waals surface area contributed by atoms with E-state index in [-0.39, 0.29) is 0 Å².